The summed E-state index contributed by atoms with van der Waals surface area (Å²) in [4.78, 5) is 4.47. The van der Waals surface area contributed by atoms with Gasteiger partial charge < -0.3 is 10.1 Å². The lowest BCUT2D eigenvalue weighted by Gasteiger charge is -2.18. The van der Waals surface area contributed by atoms with E-state index in [1.807, 2.05) is 19.1 Å². The minimum Gasteiger partial charge on any atom is -0.381 e. The van der Waals surface area contributed by atoms with Crippen LogP contribution in [0.5, 0.6) is 0 Å². The van der Waals surface area contributed by atoms with Crippen LogP contribution in [-0.2, 0) is 11.3 Å². The van der Waals surface area contributed by atoms with Crippen LogP contribution in [0, 0.1) is 0 Å². The number of nitrogens with zero attached hydrogens (tertiary/aromatic N) is 1. The molecule has 0 bridgehead atoms. The van der Waals surface area contributed by atoms with E-state index in [4.69, 9.17) is 4.74 Å². The van der Waals surface area contributed by atoms with Crippen LogP contribution >= 0.6 is 0 Å². The zero-order valence-electron chi connectivity index (χ0n) is 8.99. The van der Waals surface area contributed by atoms with Crippen molar-refractivity contribution in [3.8, 4) is 0 Å². The van der Waals surface area contributed by atoms with Crippen LogP contribution in [0.1, 0.15) is 18.9 Å². The van der Waals surface area contributed by atoms with Crippen LogP contribution in [0.15, 0.2) is 29.3 Å². The van der Waals surface area contributed by atoms with Crippen molar-refractivity contribution in [2.45, 2.75) is 19.9 Å². The molecule has 0 saturated heterocycles. The quantitative estimate of drug-likeness (QED) is 0.764. The van der Waals surface area contributed by atoms with Gasteiger partial charge in [-0.1, -0.05) is 18.2 Å². The van der Waals surface area contributed by atoms with E-state index < -0.39 is 0 Å². The monoisotopic (exact) mass is 204 g/mol. The number of aliphatic imine (C=N–C) groups is 1. The molecule has 1 aliphatic rings. The Morgan fingerprint density at radius 3 is 3.13 bits per heavy atom. The molecule has 0 aromatic heterocycles. The maximum absolute atomic E-state index is 5.30. The summed E-state index contributed by atoms with van der Waals surface area (Å²) in [6, 6.07) is 8.27. The molecule has 0 saturated carbocycles. The SMILES string of the molecule is CCOCCC1=NCc2ccccc2N1. The van der Waals surface area contributed by atoms with Gasteiger partial charge in [0.05, 0.1) is 13.2 Å². The predicted molar refractivity (Wildman–Crippen MR) is 62.3 cm³/mol. The van der Waals surface area contributed by atoms with Gasteiger partial charge in [-0.2, -0.15) is 0 Å². The highest BCUT2D eigenvalue weighted by molar-refractivity contribution is 5.97. The Bertz CT molecular complexity index is 360. The molecule has 80 valence electrons. The topological polar surface area (TPSA) is 33.6 Å². The lowest BCUT2D eigenvalue weighted by molar-refractivity contribution is 0.155. The molecule has 3 heteroatoms. The number of amidine groups is 1. The summed E-state index contributed by atoms with van der Waals surface area (Å²) in [5.74, 6) is 1.03. The van der Waals surface area contributed by atoms with Crippen molar-refractivity contribution in [1.82, 2.24) is 0 Å². The molecule has 0 unspecified atom stereocenters. The molecule has 1 aromatic carbocycles. The Hall–Kier alpha value is -1.35. The van der Waals surface area contributed by atoms with Gasteiger partial charge in [-0.25, -0.2) is 0 Å². The van der Waals surface area contributed by atoms with E-state index in [1.54, 1.807) is 0 Å². The van der Waals surface area contributed by atoms with Crippen LogP contribution in [0.3, 0.4) is 0 Å². The zero-order chi connectivity index (χ0) is 10.5. The minimum absolute atomic E-state index is 0.741. The Morgan fingerprint density at radius 1 is 1.40 bits per heavy atom. The lowest BCUT2D eigenvalue weighted by atomic mass is 10.1. The van der Waals surface area contributed by atoms with Crippen molar-refractivity contribution in [2.24, 2.45) is 4.99 Å². The van der Waals surface area contributed by atoms with Crippen LogP contribution < -0.4 is 5.32 Å². The first-order valence-electron chi connectivity index (χ1n) is 5.36. The first-order chi connectivity index (χ1) is 7.40. The average Bonchev–Trinajstić information content (AvgIpc) is 2.29. The summed E-state index contributed by atoms with van der Waals surface area (Å²) in [5.41, 5.74) is 2.44. The molecule has 1 aliphatic heterocycles. The average molecular weight is 204 g/mol. The molecule has 0 amide bonds. The molecule has 0 spiro atoms. The fraction of sp³-hybridized carbons (Fsp3) is 0.417. The second-order valence-corrected chi connectivity index (χ2v) is 3.49. The Kier molecular flexibility index (Phi) is 3.35. The first kappa shape index (κ1) is 10.2. The highest BCUT2D eigenvalue weighted by Crippen LogP contribution is 2.20. The lowest BCUT2D eigenvalue weighted by Crippen LogP contribution is -2.19. The van der Waals surface area contributed by atoms with E-state index in [0.29, 0.717) is 0 Å². The fourth-order valence-electron chi connectivity index (χ4n) is 1.61. The van der Waals surface area contributed by atoms with Gasteiger partial charge in [-0.05, 0) is 18.6 Å². The van der Waals surface area contributed by atoms with Gasteiger partial charge in [-0.3, -0.25) is 4.99 Å². The van der Waals surface area contributed by atoms with E-state index in [-0.39, 0.29) is 0 Å². The number of para-hydroxylation sites is 1. The molecular formula is C12H16N2O. The summed E-state index contributed by atoms with van der Waals surface area (Å²) in [7, 11) is 0. The van der Waals surface area contributed by atoms with Crippen molar-refractivity contribution in [2.75, 3.05) is 18.5 Å². The van der Waals surface area contributed by atoms with Crippen molar-refractivity contribution in [3.05, 3.63) is 29.8 Å². The van der Waals surface area contributed by atoms with Gasteiger partial charge in [0.2, 0.25) is 0 Å². The second-order valence-electron chi connectivity index (χ2n) is 3.49. The molecule has 1 N–H and O–H groups in total. The smallest absolute Gasteiger partial charge is 0.103 e. The highest BCUT2D eigenvalue weighted by Gasteiger charge is 2.09. The van der Waals surface area contributed by atoms with Gasteiger partial charge in [0.25, 0.3) is 0 Å². The maximum atomic E-state index is 5.30. The summed E-state index contributed by atoms with van der Waals surface area (Å²) in [5, 5.41) is 3.33. The first-order valence-corrected chi connectivity index (χ1v) is 5.36. The molecular weight excluding hydrogens is 188 g/mol. The number of anilines is 1. The van der Waals surface area contributed by atoms with E-state index in [2.05, 4.69) is 22.4 Å². The number of fused-ring (bicyclic) bond motifs is 1. The number of benzene rings is 1. The number of nitrogens with one attached hydrogen (secondary N) is 1. The molecule has 2 rings (SSSR count). The van der Waals surface area contributed by atoms with Crippen LogP contribution in [0.2, 0.25) is 0 Å². The predicted octanol–water partition coefficient (Wildman–Crippen LogP) is 2.44. The molecule has 3 nitrogen and oxygen atoms in total. The van der Waals surface area contributed by atoms with Crippen molar-refractivity contribution in [3.63, 3.8) is 0 Å². The highest BCUT2D eigenvalue weighted by atomic mass is 16.5. The summed E-state index contributed by atoms with van der Waals surface area (Å²) in [6.45, 7) is 4.30. The van der Waals surface area contributed by atoms with E-state index in [0.717, 1.165) is 32.0 Å². The molecule has 1 aromatic rings. The van der Waals surface area contributed by atoms with Crippen LogP contribution in [0.4, 0.5) is 5.69 Å². The molecule has 0 radical (unpaired) electrons. The van der Waals surface area contributed by atoms with Gasteiger partial charge in [0, 0.05) is 18.7 Å². The van der Waals surface area contributed by atoms with E-state index in [9.17, 15) is 0 Å². The fourth-order valence-corrected chi connectivity index (χ4v) is 1.61. The molecule has 0 fully saturated rings. The molecule has 0 atom stereocenters. The van der Waals surface area contributed by atoms with Crippen LogP contribution in [0.25, 0.3) is 0 Å². The number of hydrogen-bond donors (Lipinski definition) is 1. The number of rotatable bonds is 4. The number of ether oxygens (including phenoxy) is 1. The molecule has 15 heavy (non-hydrogen) atoms. The molecule has 0 aliphatic carbocycles. The third-order valence-corrected chi connectivity index (χ3v) is 2.42. The minimum atomic E-state index is 0.741. The Balaban J connectivity index is 1.94. The van der Waals surface area contributed by atoms with E-state index in [1.165, 1.54) is 11.3 Å². The number of hydrogen-bond acceptors (Lipinski definition) is 3. The molecule has 1 heterocycles. The van der Waals surface area contributed by atoms with Gasteiger partial charge in [-0.15, -0.1) is 0 Å². The van der Waals surface area contributed by atoms with Crippen molar-refractivity contribution in [1.29, 1.82) is 0 Å². The van der Waals surface area contributed by atoms with Gasteiger partial charge >= 0.3 is 0 Å². The Labute approximate surface area is 90.2 Å². The summed E-state index contributed by atoms with van der Waals surface area (Å²) in [6.07, 6.45) is 0.863. The van der Waals surface area contributed by atoms with Crippen molar-refractivity contribution < 1.29 is 4.74 Å². The van der Waals surface area contributed by atoms with Gasteiger partial charge in [0.1, 0.15) is 5.84 Å². The third kappa shape index (κ3) is 2.57. The van der Waals surface area contributed by atoms with E-state index >= 15 is 0 Å². The maximum Gasteiger partial charge on any atom is 0.103 e. The van der Waals surface area contributed by atoms with Crippen LogP contribution in [-0.4, -0.2) is 19.0 Å². The summed E-state index contributed by atoms with van der Waals surface area (Å²) < 4.78 is 5.30. The Morgan fingerprint density at radius 2 is 2.27 bits per heavy atom. The standard InChI is InChI=1S/C12H16N2O/c1-2-15-8-7-12-13-9-10-5-3-4-6-11(10)14-12/h3-6H,2,7-9H2,1H3,(H,13,14). The third-order valence-electron chi connectivity index (χ3n) is 2.42. The normalized spacial score (nSPS) is 14.1. The zero-order valence-corrected chi connectivity index (χ0v) is 8.99. The largest absolute Gasteiger partial charge is 0.381 e. The summed E-state index contributed by atoms with van der Waals surface area (Å²) >= 11 is 0. The van der Waals surface area contributed by atoms with Crippen molar-refractivity contribution >= 4 is 11.5 Å². The second kappa shape index (κ2) is 4.94. The van der Waals surface area contributed by atoms with Gasteiger partial charge in [0.15, 0.2) is 0 Å².